The summed E-state index contributed by atoms with van der Waals surface area (Å²) < 4.78 is 5.56. The van der Waals surface area contributed by atoms with Crippen LogP contribution in [-0.2, 0) is 4.74 Å². The van der Waals surface area contributed by atoms with Crippen molar-refractivity contribution in [2.75, 3.05) is 6.61 Å². The fourth-order valence-electron chi connectivity index (χ4n) is 1.12. The fourth-order valence-corrected chi connectivity index (χ4v) is 1.12. The lowest BCUT2D eigenvalue weighted by Crippen LogP contribution is -1.97. The van der Waals surface area contributed by atoms with Gasteiger partial charge in [-0.3, -0.25) is 4.99 Å². The van der Waals surface area contributed by atoms with E-state index in [4.69, 9.17) is 4.74 Å². The van der Waals surface area contributed by atoms with Crippen molar-refractivity contribution in [1.82, 2.24) is 0 Å². The molecule has 1 aliphatic carbocycles. The van der Waals surface area contributed by atoms with Crippen molar-refractivity contribution in [3.63, 3.8) is 0 Å². The molecular formula is C12H19NO. The van der Waals surface area contributed by atoms with Crippen molar-refractivity contribution in [2.24, 2.45) is 10.9 Å². The van der Waals surface area contributed by atoms with Gasteiger partial charge in [0.05, 0.1) is 12.8 Å². The molecule has 1 rings (SSSR count). The number of aliphatic imine (C=N–C) groups is 1. The molecule has 0 N–H and O–H groups in total. The molecule has 78 valence electrons. The zero-order valence-corrected chi connectivity index (χ0v) is 9.12. The summed E-state index contributed by atoms with van der Waals surface area (Å²) in [6.45, 7) is 8.34. The minimum atomic E-state index is 0.801. The summed E-state index contributed by atoms with van der Waals surface area (Å²) in [7, 11) is 0. The van der Waals surface area contributed by atoms with Gasteiger partial charge in [0.25, 0.3) is 0 Å². The SMILES string of the molecule is C=C(C)N=C/C(=C\C)OCCC1CC1. The maximum absolute atomic E-state index is 5.56. The number of allylic oxidation sites excluding steroid dienone is 3. The molecule has 0 bridgehead atoms. The molecule has 0 spiro atoms. The van der Waals surface area contributed by atoms with Crippen LogP contribution >= 0.6 is 0 Å². The third kappa shape index (κ3) is 4.85. The molecule has 0 aromatic heterocycles. The highest BCUT2D eigenvalue weighted by Crippen LogP contribution is 2.32. The highest BCUT2D eigenvalue weighted by atomic mass is 16.5. The van der Waals surface area contributed by atoms with Crippen molar-refractivity contribution < 1.29 is 4.74 Å². The average Bonchev–Trinajstić information content (AvgIpc) is 2.94. The van der Waals surface area contributed by atoms with E-state index < -0.39 is 0 Å². The third-order valence-electron chi connectivity index (χ3n) is 2.19. The molecule has 1 saturated carbocycles. The van der Waals surface area contributed by atoms with Crippen molar-refractivity contribution in [1.29, 1.82) is 0 Å². The molecule has 0 unspecified atom stereocenters. The standard InChI is InChI=1S/C12H19NO/c1-4-12(9-13-10(2)3)14-8-7-11-5-6-11/h4,9,11H,2,5-8H2,1,3H3/b12-4+,13-9?. The van der Waals surface area contributed by atoms with Gasteiger partial charge in [0.15, 0.2) is 0 Å². The summed E-state index contributed by atoms with van der Waals surface area (Å²) in [5, 5.41) is 0. The quantitative estimate of drug-likeness (QED) is 0.468. The Kier molecular flexibility index (Phi) is 4.44. The minimum Gasteiger partial charge on any atom is -0.492 e. The second-order valence-electron chi connectivity index (χ2n) is 3.77. The molecule has 0 amide bonds. The Labute approximate surface area is 86.4 Å². The van der Waals surface area contributed by atoms with E-state index in [0.29, 0.717) is 0 Å². The molecule has 2 heteroatoms. The first-order valence-corrected chi connectivity index (χ1v) is 5.21. The molecule has 0 saturated heterocycles. The summed E-state index contributed by atoms with van der Waals surface area (Å²) in [6, 6.07) is 0. The van der Waals surface area contributed by atoms with Crippen LogP contribution in [0.1, 0.15) is 33.1 Å². The predicted octanol–water partition coefficient (Wildman–Crippen LogP) is 3.31. The van der Waals surface area contributed by atoms with Crippen molar-refractivity contribution in [3.8, 4) is 0 Å². The lowest BCUT2D eigenvalue weighted by molar-refractivity contribution is 0.222. The van der Waals surface area contributed by atoms with Crippen LogP contribution in [0, 0.1) is 5.92 Å². The van der Waals surface area contributed by atoms with E-state index in [9.17, 15) is 0 Å². The molecule has 2 nitrogen and oxygen atoms in total. The number of hydrogen-bond acceptors (Lipinski definition) is 2. The van der Waals surface area contributed by atoms with Crippen molar-refractivity contribution in [3.05, 3.63) is 24.1 Å². The van der Waals surface area contributed by atoms with E-state index >= 15 is 0 Å². The summed E-state index contributed by atoms with van der Waals surface area (Å²) in [5.74, 6) is 1.76. The van der Waals surface area contributed by atoms with Gasteiger partial charge in [0, 0.05) is 5.70 Å². The summed E-state index contributed by atoms with van der Waals surface area (Å²) in [4.78, 5) is 4.10. The Bertz CT molecular complexity index is 249. The Hall–Kier alpha value is -1.05. The van der Waals surface area contributed by atoms with E-state index in [1.54, 1.807) is 6.21 Å². The van der Waals surface area contributed by atoms with Crippen LogP contribution in [0.15, 0.2) is 29.1 Å². The first-order chi connectivity index (χ1) is 6.72. The Morgan fingerprint density at radius 2 is 2.29 bits per heavy atom. The van der Waals surface area contributed by atoms with Crippen molar-refractivity contribution in [2.45, 2.75) is 33.1 Å². The monoisotopic (exact) mass is 193 g/mol. The lowest BCUT2D eigenvalue weighted by Gasteiger charge is -2.04. The molecule has 14 heavy (non-hydrogen) atoms. The van der Waals surface area contributed by atoms with E-state index in [0.717, 1.165) is 24.0 Å². The summed E-state index contributed by atoms with van der Waals surface area (Å²) in [6.07, 6.45) is 7.61. The molecule has 0 aromatic rings. The zero-order valence-electron chi connectivity index (χ0n) is 9.12. The largest absolute Gasteiger partial charge is 0.492 e. The predicted molar refractivity (Wildman–Crippen MR) is 60.4 cm³/mol. The van der Waals surface area contributed by atoms with Gasteiger partial charge in [-0.25, -0.2) is 0 Å². The van der Waals surface area contributed by atoms with Gasteiger partial charge in [-0.15, -0.1) is 0 Å². The first kappa shape index (κ1) is 11.0. The highest BCUT2D eigenvalue weighted by Gasteiger charge is 2.20. The van der Waals surface area contributed by atoms with Gasteiger partial charge in [0.1, 0.15) is 5.76 Å². The van der Waals surface area contributed by atoms with E-state index in [-0.39, 0.29) is 0 Å². The van der Waals surface area contributed by atoms with Crippen LogP contribution in [0.5, 0.6) is 0 Å². The summed E-state index contributed by atoms with van der Waals surface area (Å²) in [5.41, 5.74) is 0.801. The highest BCUT2D eigenvalue weighted by molar-refractivity contribution is 5.76. The minimum absolute atomic E-state index is 0.801. The van der Waals surface area contributed by atoms with Gasteiger partial charge in [-0.2, -0.15) is 0 Å². The van der Waals surface area contributed by atoms with Crippen LogP contribution in [0.3, 0.4) is 0 Å². The fraction of sp³-hybridized carbons (Fsp3) is 0.583. The molecule has 0 radical (unpaired) electrons. The van der Waals surface area contributed by atoms with Gasteiger partial charge >= 0.3 is 0 Å². The Balaban J connectivity index is 2.20. The number of hydrogen-bond donors (Lipinski definition) is 0. The second-order valence-corrected chi connectivity index (χ2v) is 3.77. The van der Waals surface area contributed by atoms with Crippen LogP contribution in [0.25, 0.3) is 0 Å². The van der Waals surface area contributed by atoms with Crippen LogP contribution in [-0.4, -0.2) is 12.8 Å². The molecule has 0 atom stereocenters. The molecule has 0 heterocycles. The second kappa shape index (κ2) is 5.63. The van der Waals surface area contributed by atoms with E-state index in [1.807, 2.05) is 19.9 Å². The molecule has 0 aliphatic heterocycles. The maximum Gasteiger partial charge on any atom is 0.133 e. The smallest absolute Gasteiger partial charge is 0.133 e. The van der Waals surface area contributed by atoms with E-state index in [1.165, 1.54) is 19.3 Å². The Morgan fingerprint density at radius 1 is 1.57 bits per heavy atom. The van der Waals surface area contributed by atoms with Gasteiger partial charge < -0.3 is 4.74 Å². The molecule has 0 aromatic carbocycles. The number of nitrogens with zero attached hydrogens (tertiary/aromatic N) is 1. The van der Waals surface area contributed by atoms with Crippen LogP contribution < -0.4 is 0 Å². The normalized spacial score (nSPS) is 17.4. The molecular weight excluding hydrogens is 174 g/mol. The Morgan fingerprint density at radius 3 is 2.79 bits per heavy atom. The topological polar surface area (TPSA) is 21.6 Å². The van der Waals surface area contributed by atoms with Gasteiger partial charge in [-0.05, 0) is 32.3 Å². The van der Waals surface area contributed by atoms with Crippen molar-refractivity contribution >= 4 is 6.21 Å². The third-order valence-corrected chi connectivity index (χ3v) is 2.19. The maximum atomic E-state index is 5.56. The number of rotatable bonds is 6. The van der Waals surface area contributed by atoms with Gasteiger partial charge in [0.2, 0.25) is 0 Å². The molecule has 1 aliphatic rings. The zero-order chi connectivity index (χ0) is 10.4. The van der Waals surface area contributed by atoms with E-state index in [2.05, 4.69) is 11.6 Å². The first-order valence-electron chi connectivity index (χ1n) is 5.21. The van der Waals surface area contributed by atoms with Crippen LogP contribution in [0.4, 0.5) is 0 Å². The average molecular weight is 193 g/mol. The molecule has 1 fully saturated rings. The summed E-state index contributed by atoms with van der Waals surface area (Å²) >= 11 is 0. The lowest BCUT2D eigenvalue weighted by atomic mass is 10.3. The van der Waals surface area contributed by atoms with Gasteiger partial charge in [-0.1, -0.05) is 19.4 Å². The van der Waals surface area contributed by atoms with Crippen LogP contribution in [0.2, 0.25) is 0 Å². The number of ether oxygens (including phenoxy) is 1.